The van der Waals surface area contributed by atoms with E-state index in [0.29, 0.717) is 12.4 Å². The Morgan fingerprint density at radius 3 is 2.76 bits per heavy atom. The minimum Gasteiger partial charge on any atom is -0.364 e. The van der Waals surface area contributed by atoms with Crippen molar-refractivity contribution in [1.82, 2.24) is 19.3 Å². The standard InChI is InChI=1S/C17H20N6O2/c1-13-14(11-22(20-13)15-8-4-3-5-9-15)7-6-10-18-16-17(23(24)25)19-12-21(16)2/h3-5,8-9,11-12,18H,6-7,10H2,1-2H3. The summed E-state index contributed by atoms with van der Waals surface area (Å²) < 4.78 is 3.50. The van der Waals surface area contributed by atoms with Crippen LogP contribution in [0.2, 0.25) is 0 Å². The predicted octanol–water partition coefficient (Wildman–Crippen LogP) is 2.87. The molecule has 3 rings (SSSR count). The number of aryl methyl sites for hydroxylation is 3. The van der Waals surface area contributed by atoms with Crippen molar-refractivity contribution in [2.24, 2.45) is 7.05 Å². The monoisotopic (exact) mass is 340 g/mol. The average molecular weight is 340 g/mol. The van der Waals surface area contributed by atoms with Gasteiger partial charge in [-0.2, -0.15) is 5.10 Å². The summed E-state index contributed by atoms with van der Waals surface area (Å²) in [6.45, 7) is 2.62. The van der Waals surface area contributed by atoms with Crippen LogP contribution in [0.4, 0.5) is 11.6 Å². The molecule has 25 heavy (non-hydrogen) atoms. The second-order valence-electron chi connectivity index (χ2n) is 5.83. The molecule has 0 unspecified atom stereocenters. The van der Waals surface area contributed by atoms with Gasteiger partial charge in [-0.15, -0.1) is 0 Å². The van der Waals surface area contributed by atoms with Gasteiger partial charge in [0.05, 0.1) is 11.4 Å². The topological polar surface area (TPSA) is 90.8 Å². The van der Waals surface area contributed by atoms with Gasteiger partial charge in [-0.25, -0.2) is 4.68 Å². The van der Waals surface area contributed by atoms with Gasteiger partial charge in [0, 0.05) is 19.8 Å². The largest absolute Gasteiger partial charge is 0.406 e. The number of nitrogens with zero attached hydrogens (tertiary/aromatic N) is 5. The third-order valence-electron chi connectivity index (χ3n) is 4.03. The smallest absolute Gasteiger partial charge is 0.364 e. The molecule has 0 aliphatic rings. The fourth-order valence-corrected chi connectivity index (χ4v) is 2.70. The second-order valence-corrected chi connectivity index (χ2v) is 5.83. The van der Waals surface area contributed by atoms with E-state index in [9.17, 15) is 10.1 Å². The number of imidazole rings is 1. The summed E-state index contributed by atoms with van der Waals surface area (Å²) in [5, 5.41) is 18.6. The zero-order valence-electron chi connectivity index (χ0n) is 14.2. The second kappa shape index (κ2) is 7.16. The first-order chi connectivity index (χ1) is 12.1. The fraction of sp³-hybridized carbons (Fsp3) is 0.294. The molecule has 0 aliphatic heterocycles. The van der Waals surface area contributed by atoms with Gasteiger partial charge in [-0.05, 0) is 47.4 Å². The number of nitro groups is 1. The van der Waals surface area contributed by atoms with Crippen LogP contribution in [0.1, 0.15) is 17.7 Å². The summed E-state index contributed by atoms with van der Waals surface area (Å²) in [7, 11) is 1.73. The molecule has 0 atom stereocenters. The molecule has 2 aromatic heterocycles. The maximum atomic E-state index is 11.0. The van der Waals surface area contributed by atoms with Gasteiger partial charge in [0.15, 0.2) is 0 Å². The highest BCUT2D eigenvalue weighted by Crippen LogP contribution is 2.21. The van der Waals surface area contributed by atoms with Gasteiger partial charge < -0.3 is 15.4 Å². The van der Waals surface area contributed by atoms with Crippen molar-refractivity contribution in [2.45, 2.75) is 19.8 Å². The number of anilines is 1. The van der Waals surface area contributed by atoms with E-state index >= 15 is 0 Å². The van der Waals surface area contributed by atoms with E-state index in [4.69, 9.17) is 0 Å². The van der Waals surface area contributed by atoms with Crippen LogP contribution in [-0.2, 0) is 13.5 Å². The molecular formula is C17H20N6O2. The van der Waals surface area contributed by atoms with Crippen molar-refractivity contribution in [3.8, 4) is 5.69 Å². The first-order valence-corrected chi connectivity index (χ1v) is 8.06. The number of para-hydroxylation sites is 1. The number of nitrogens with one attached hydrogen (secondary N) is 1. The fourth-order valence-electron chi connectivity index (χ4n) is 2.70. The van der Waals surface area contributed by atoms with Gasteiger partial charge in [-0.1, -0.05) is 18.2 Å². The van der Waals surface area contributed by atoms with E-state index in [2.05, 4.69) is 15.4 Å². The Hall–Kier alpha value is -3.16. The van der Waals surface area contributed by atoms with E-state index in [1.807, 2.05) is 48.1 Å². The highest BCUT2D eigenvalue weighted by Gasteiger charge is 2.19. The van der Waals surface area contributed by atoms with Crippen LogP contribution in [0, 0.1) is 17.0 Å². The molecule has 130 valence electrons. The van der Waals surface area contributed by atoms with Crippen molar-refractivity contribution in [2.75, 3.05) is 11.9 Å². The van der Waals surface area contributed by atoms with E-state index in [-0.39, 0.29) is 5.82 Å². The van der Waals surface area contributed by atoms with Gasteiger partial charge in [-0.3, -0.25) is 4.57 Å². The summed E-state index contributed by atoms with van der Waals surface area (Å²) in [6.07, 6.45) is 5.16. The van der Waals surface area contributed by atoms with E-state index in [0.717, 1.165) is 24.2 Å². The summed E-state index contributed by atoms with van der Waals surface area (Å²) in [4.78, 5) is 14.3. The summed E-state index contributed by atoms with van der Waals surface area (Å²) in [5.74, 6) is 0.289. The maximum absolute atomic E-state index is 11.0. The molecule has 0 saturated heterocycles. The van der Waals surface area contributed by atoms with Gasteiger partial charge in [0.2, 0.25) is 12.1 Å². The molecule has 0 amide bonds. The van der Waals surface area contributed by atoms with Crippen LogP contribution >= 0.6 is 0 Å². The minimum atomic E-state index is -0.476. The van der Waals surface area contributed by atoms with Crippen LogP contribution in [0.5, 0.6) is 0 Å². The molecule has 0 bridgehead atoms. The van der Waals surface area contributed by atoms with Crippen LogP contribution in [0.15, 0.2) is 42.9 Å². The van der Waals surface area contributed by atoms with Crippen molar-refractivity contribution < 1.29 is 4.92 Å². The number of rotatable bonds is 7. The molecule has 0 saturated carbocycles. The Kier molecular flexibility index (Phi) is 4.78. The predicted molar refractivity (Wildman–Crippen MR) is 95.0 cm³/mol. The highest BCUT2D eigenvalue weighted by molar-refractivity contribution is 5.51. The quantitative estimate of drug-likeness (QED) is 0.406. The molecule has 0 aliphatic carbocycles. The zero-order valence-corrected chi connectivity index (χ0v) is 14.2. The average Bonchev–Trinajstić information content (AvgIpc) is 3.16. The molecule has 1 aromatic carbocycles. The molecule has 8 heteroatoms. The van der Waals surface area contributed by atoms with E-state index in [1.54, 1.807) is 11.6 Å². The van der Waals surface area contributed by atoms with E-state index < -0.39 is 4.92 Å². The van der Waals surface area contributed by atoms with Crippen molar-refractivity contribution in [3.05, 3.63) is 64.2 Å². The third kappa shape index (κ3) is 3.68. The highest BCUT2D eigenvalue weighted by atomic mass is 16.6. The molecule has 8 nitrogen and oxygen atoms in total. The van der Waals surface area contributed by atoms with Crippen molar-refractivity contribution in [3.63, 3.8) is 0 Å². The van der Waals surface area contributed by atoms with Gasteiger partial charge >= 0.3 is 5.82 Å². The molecule has 0 spiro atoms. The number of hydrogen-bond acceptors (Lipinski definition) is 5. The number of hydrogen-bond donors (Lipinski definition) is 1. The van der Waals surface area contributed by atoms with Crippen molar-refractivity contribution in [1.29, 1.82) is 0 Å². The first kappa shape index (κ1) is 16.7. The minimum absolute atomic E-state index is 0.143. The van der Waals surface area contributed by atoms with Crippen LogP contribution < -0.4 is 5.32 Å². The molecular weight excluding hydrogens is 320 g/mol. The molecule has 0 fully saturated rings. The van der Waals surface area contributed by atoms with Gasteiger partial charge in [0.25, 0.3) is 0 Å². The Morgan fingerprint density at radius 1 is 1.28 bits per heavy atom. The lowest BCUT2D eigenvalue weighted by Crippen LogP contribution is -2.08. The molecule has 1 N–H and O–H groups in total. The number of aromatic nitrogens is 4. The Bertz CT molecular complexity index is 869. The first-order valence-electron chi connectivity index (χ1n) is 8.06. The van der Waals surface area contributed by atoms with Crippen LogP contribution in [-0.4, -0.2) is 30.8 Å². The lowest BCUT2D eigenvalue weighted by Gasteiger charge is -2.05. The lowest BCUT2D eigenvalue weighted by atomic mass is 10.1. The molecule has 2 heterocycles. The Balaban J connectivity index is 1.59. The zero-order chi connectivity index (χ0) is 17.8. The third-order valence-corrected chi connectivity index (χ3v) is 4.03. The van der Waals surface area contributed by atoms with E-state index in [1.165, 1.54) is 11.9 Å². The summed E-state index contributed by atoms with van der Waals surface area (Å²) in [6, 6.07) is 9.97. The maximum Gasteiger partial charge on any atom is 0.406 e. The Morgan fingerprint density at radius 2 is 2.04 bits per heavy atom. The van der Waals surface area contributed by atoms with Crippen molar-refractivity contribution >= 4 is 11.6 Å². The van der Waals surface area contributed by atoms with Gasteiger partial charge in [0.1, 0.15) is 0 Å². The summed E-state index contributed by atoms with van der Waals surface area (Å²) in [5.41, 5.74) is 3.20. The van der Waals surface area contributed by atoms with Crippen LogP contribution in [0.3, 0.4) is 0 Å². The Labute approximate surface area is 145 Å². The lowest BCUT2D eigenvalue weighted by molar-refractivity contribution is -0.388. The normalized spacial score (nSPS) is 10.8. The molecule has 0 radical (unpaired) electrons. The number of benzene rings is 1. The SMILES string of the molecule is Cc1nn(-c2ccccc2)cc1CCCNc1c([N+](=O)[O-])ncn1C. The summed E-state index contributed by atoms with van der Waals surface area (Å²) >= 11 is 0. The van der Waals surface area contributed by atoms with Crippen LogP contribution in [0.25, 0.3) is 5.69 Å². The molecule has 3 aromatic rings.